The Morgan fingerprint density at radius 2 is 2.23 bits per heavy atom. The zero-order chi connectivity index (χ0) is 10.1. The molecule has 0 fully saturated rings. The number of hydrogen-bond donors (Lipinski definition) is 2. The number of nitrogens with two attached hydrogens (primary N) is 1. The highest BCUT2D eigenvalue weighted by molar-refractivity contribution is 9.10. The first kappa shape index (κ1) is 10.6. The second kappa shape index (κ2) is 3.74. The minimum absolute atomic E-state index is 0.291. The molecule has 0 aromatic heterocycles. The molecule has 1 aromatic rings. The lowest BCUT2D eigenvalue weighted by molar-refractivity contribution is 0.206. The van der Waals surface area contributed by atoms with Gasteiger partial charge in [-0.2, -0.15) is 0 Å². The van der Waals surface area contributed by atoms with Crippen LogP contribution in [0.15, 0.2) is 22.7 Å². The summed E-state index contributed by atoms with van der Waals surface area (Å²) in [4.78, 5) is 0. The van der Waals surface area contributed by atoms with Crippen molar-refractivity contribution >= 4 is 15.9 Å². The van der Waals surface area contributed by atoms with E-state index in [2.05, 4.69) is 15.9 Å². The summed E-state index contributed by atoms with van der Waals surface area (Å²) >= 11 is 3.21. The average molecular weight is 248 g/mol. The number of halogens is 2. The lowest BCUT2D eigenvalue weighted by Gasteiger charge is -2.22. The summed E-state index contributed by atoms with van der Waals surface area (Å²) in [7, 11) is 0. The Labute approximate surface area is 84.7 Å². The molecule has 0 aliphatic heterocycles. The highest BCUT2D eigenvalue weighted by Gasteiger charge is 2.23. The Morgan fingerprint density at radius 3 is 2.77 bits per heavy atom. The maximum atomic E-state index is 13.2. The molecule has 0 spiro atoms. The van der Waals surface area contributed by atoms with E-state index in [1.807, 2.05) is 0 Å². The van der Waals surface area contributed by atoms with Crippen molar-refractivity contribution in [3.05, 3.63) is 34.1 Å². The topological polar surface area (TPSA) is 46.2 Å². The quantitative estimate of drug-likeness (QED) is 0.837. The Kier molecular flexibility index (Phi) is 3.05. The van der Waals surface area contributed by atoms with Gasteiger partial charge in [0.15, 0.2) is 0 Å². The van der Waals surface area contributed by atoms with Crippen molar-refractivity contribution in [2.75, 3.05) is 6.61 Å². The van der Waals surface area contributed by atoms with Crippen LogP contribution in [0.1, 0.15) is 12.5 Å². The molecule has 1 rings (SSSR count). The van der Waals surface area contributed by atoms with Crippen LogP contribution in [0.2, 0.25) is 0 Å². The molecule has 1 unspecified atom stereocenters. The van der Waals surface area contributed by atoms with Crippen LogP contribution in [-0.2, 0) is 5.54 Å². The van der Waals surface area contributed by atoms with Crippen LogP contribution in [0.25, 0.3) is 0 Å². The van der Waals surface area contributed by atoms with Crippen LogP contribution in [0.4, 0.5) is 4.39 Å². The number of aliphatic hydroxyl groups excluding tert-OH is 1. The monoisotopic (exact) mass is 247 g/mol. The van der Waals surface area contributed by atoms with E-state index in [9.17, 15) is 4.39 Å². The van der Waals surface area contributed by atoms with E-state index in [-0.39, 0.29) is 6.61 Å². The summed E-state index contributed by atoms with van der Waals surface area (Å²) in [5.41, 5.74) is 4.97. The predicted molar refractivity (Wildman–Crippen MR) is 52.7 cm³/mol. The van der Waals surface area contributed by atoms with Gasteiger partial charge in [0.1, 0.15) is 5.82 Å². The van der Waals surface area contributed by atoms with Gasteiger partial charge >= 0.3 is 0 Å². The number of rotatable bonds is 2. The second-order valence-corrected chi connectivity index (χ2v) is 4.12. The maximum Gasteiger partial charge on any atom is 0.128 e. The molecule has 0 saturated heterocycles. The first-order valence-electron chi connectivity index (χ1n) is 3.82. The number of aliphatic hydroxyl groups is 1. The summed E-state index contributed by atoms with van der Waals surface area (Å²) in [5.74, 6) is -0.401. The van der Waals surface area contributed by atoms with E-state index in [1.165, 1.54) is 6.07 Å². The average Bonchev–Trinajstić information content (AvgIpc) is 2.09. The van der Waals surface area contributed by atoms with Crippen molar-refractivity contribution in [3.63, 3.8) is 0 Å². The SMILES string of the molecule is CC(N)(CO)c1cc(Br)ccc1F. The number of benzene rings is 1. The zero-order valence-corrected chi connectivity index (χ0v) is 8.81. The second-order valence-electron chi connectivity index (χ2n) is 3.20. The van der Waals surface area contributed by atoms with E-state index in [0.29, 0.717) is 5.56 Å². The van der Waals surface area contributed by atoms with E-state index >= 15 is 0 Å². The maximum absolute atomic E-state index is 13.2. The molecule has 72 valence electrons. The van der Waals surface area contributed by atoms with Gasteiger partial charge < -0.3 is 10.8 Å². The summed E-state index contributed by atoms with van der Waals surface area (Å²) in [5, 5.41) is 8.96. The van der Waals surface area contributed by atoms with Crippen LogP contribution in [-0.4, -0.2) is 11.7 Å². The van der Waals surface area contributed by atoms with Crippen LogP contribution in [0.5, 0.6) is 0 Å². The van der Waals surface area contributed by atoms with Crippen LogP contribution < -0.4 is 5.73 Å². The molecule has 0 radical (unpaired) electrons. The summed E-state index contributed by atoms with van der Waals surface area (Å²) in [6, 6.07) is 4.48. The first-order chi connectivity index (χ1) is 5.97. The van der Waals surface area contributed by atoms with Gasteiger partial charge in [-0.15, -0.1) is 0 Å². The third-order valence-corrected chi connectivity index (χ3v) is 2.37. The highest BCUT2D eigenvalue weighted by atomic mass is 79.9. The van der Waals surface area contributed by atoms with Crippen molar-refractivity contribution in [1.29, 1.82) is 0 Å². The molecule has 1 atom stereocenters. The minimum atomic E-state index is -1.03. The molecule has 13 heavy (non-hydrogen) atoms. The van der Waals surface area contributed by atoms with Gasteiger partial charge in [-0.05, 0) is 25.1 Å². The third kappa shape index (κ3) is 2.27. The van der Waals surface area contributed by atoms with Crippen LogP contribution >= 0.6 is 15.9 Å². The van der Waals surface area contributed by atoms with Crippen molar-refractivity contribution < 1.29 is 9.50 Å². The summed E-state index contributed by atoms with van der Waals surface area (Å²) < 4.78 is 14.0. The fraction of sp³-hybridized carbons (Fsp3) is 0.333. The molecule has 0 saturated carbocycles. The van der Waals surface area contributed by atoms with Gasteiger partial charge in [-0.25, -0.2) is 4.39 Å². The normalized spacial score (nSPS) is 15.5. The minimum Gasteiger partial charge on any atom is -0.394 e. The van der Waals surface area contributed by atoms with E-state index in [1.54, 1.807) is 19.1 Å². The molecule has 4 heteroatoms. The molecule has 0 aliphatic carbocycles. The molecule has 0 heterocycles. The van der Waals surface area contributed by atoms with Gasteiger partial charge in [0.05, 0.1) is 12.1 Å². The van der Waals surface area contributed by atoms with Gasteiger partial charge in [0.2, 0.25) is 0 Å². The lowest BCUT2D eigenvalue weighted by Crippen LogP contribution is -2.37. The molecule has 3 N–H and O–H groups in total. The first-order valence-corrected chi connectivity index (χ1v) is 4.62. The lowest BCUT2D eigenvalue weighted by atomic mass is 9.94. The zero-order valence-electron chi connectivity index (χ0n) is 7.22. The van der Waals surface area contributed by atoms with Crippen molar-refractivity contribution in [2.24, 2.45) is 5.73 Å². The highest BCUT2D eigenvalue weighted by Crippen LogP contribution is 2.24. The summed E-state index contributed by atoms with van der Waals surface area (Å²) in [6.07, 6.45) is 0. The van der Waals surface area contributed by atoms with E-state index in [4.69, 9.17) is 10.8 Å². The molecular weight excluding hydrogens is 237 g/mol. The van der Waals surface area contributed by atoms with Gasteiger partial charge in [0.25, 0.3) is 0 Å². The van der Waals surface area contributed by atoms with Crippen molar-refractivity contribution in [2.45, 2.75) is 12.5 Å². The Hall–Kier alpha value is -0.450. The van der Waals surface area contributed by atoms with Gasteiger partial charge in [0, 0.05) is 10.0 Å². The van der Waals surface area contributed by atoms with Gasteiger partial charge in [-0.1, -0.05) is 15.9 Å². The fourth-order valence-electron chi connectivity index (χ4n) is 1.02. The standard InChI is InChI=1S/C9H11BrFNO/c1-9(12,5-13)7-4-6(10)2-3-8(7)11/h2-4,13H,5,12H2,1H3. The van der Waals surface area contributed by atoms with Crippen LogP contribution in [0.3, 0.4) is 0 Å². The van der Waals surface area contributed by atoms with E-state index in [0.717, 1.165) is 4.47 Å². The predicted octanol–water partition coefficient (Wildman–Crippen LogP) is 1.75. The van der Waals surface area contributed by atoms with Crippen LogP contribution in [0, 0.1) is 5.82 Å². The Balaban J connectivity index is 3.20. The summed E-state index contributed by atoms with van der Waals surface area (Å²) in [6.45, 7) is 1.29. The third-order valence-electron chi connectivity index (χ3n) is 1.87. The van der Waals surface area contributed by atoms with E-state index < -0.39 is 11.4 Å². The van der Waals surface area contributed by atoms with Crippen molar-refractivity contribution in [1.82, 2.24) is 0 Å². The smallest absolute Gasteiger partial charge is 0.128 e. The number of hydrogen-bond acceptors (Lipinski definition) is 2. The van der Waals surface area contributed by atoms with Gasteiger partial charge in [-0.3, -0.25) is 0 Å². The molecule has 0 aliphatic rings. The molecule has 0 amide bonds. The molecule has 0 bridgehead atoms. The Bertz CT molecular complexity index is 314. The molecular formula is C9H11BrFNO. The Morgan fingerprint density at radius 1 is 1.62 bits per heavy atom. The van der Waals surface area contributed by atoms with Crippen molar-refractivity contribution in [3.8, 4) is 0 Å². The fourth-order valence-corrected chi connectivity index (χ4v) is 1.38. The largest absolute Gasteiger partial charge is 0.394 e. The molecule has 1 aromatic carbocycles. The molecule has 2 nitrogen and oxygen atoms in total.